The fourth-order valence-electron chi connectivity index (χ4n) is 3.57. The third kappa shape index (κ3) is 3.41. The van der Waals surface area contributed by atoms with Crippen LogP contribution in [-0.2, 0) is 9.47 Å². The molecule has 3 aromatic carbocycles. The Morgan fingerprint density at radius 3 is 0.800 bits per heavy atom. The van der Waals surface area contributed by atoms with Crippen molar-refractivity contribution < 1.29 is 82.0 Å². The van der Waals surface area contributed by atoms with Gasteiger partial charge in [0.05, 0.1) is 0 Å². The molecule has 8 nitrogen and oxygen atoms in total. The predicted molar refractivity (Wildman–Crippen MR) is 98.5 cm³/mol. The standard InChI is InChI=1S/C22F10O8/c23-5-1-3(21(35)39-19(1)33)7(25)15(9(5)27)37-17-11(29)13(31)18(14(32)12(17)30)38-16-8(26)4-2(6(24)10(16)28)20(34)40-22(4)36. The van der Waals surface area contributed by atoms with Gasteiger partial charge in [-0.25, -0.2) is 36.7 Å². The maximum Gasteiger partial charge on any atom is 0.350 e. The third-order valence-electron chi connectivity index (χ3n) is 5.34. The van der Waals surface area contributed by atoms with Crippen LogP contribution in [0.1, 0.15) is 41.4 Å². The molecule has 18 heteroatoms. The van der Waals surface area contributed by atoms with E-state index in [4.69, 9.17) is 0 Å². The summed E-state index contributed by atoms with van der Waals surface area (Å²) in [6.45, 7) is 0. The van der Waals surface area contributed by atoms with E-state index in [2.05, 4.69) is 18.9 Å². The molecule has 0 bridgehead atoms. The Hall–Kier alpha value is -5.16. The zero-order valence-electron chi connectivity index (χ0n) is 18.0. The van der Waals surface area contributed by atoms with Crippen LogP contribution in [0.3, 0.4) is 0 Å². The summed E-state index contributed by atoms with van der Waals surface area (Å²) in [6.07, 6.45) is 0. The van der Waals surface area contributed by atoms with E-state index in [-0.39, 0.29) is 0 Å². The van der Waals surface area contributed by atoms with Crippen LogP contribution in [0.4, 0.5) is 43.9 Å². The predicted octanol–water partition coefficient (Wildman–Crippen LogP) is 5.28. The Morgan fingerprint density at radius 2 is 0.525 bits per heavy atom. The molecule has 0 aromatic heterocycles. The highest BCUT2D eigenvalue weighted by atomic mass is 19.2. The first kappa shape index (κ1) is 26.4. The normalized spacial score (nSPS) is 13.8. The second-order valence-corrected chi connectivity index (χ2v) is 7.51. The van der Waals surface area contributed by atoms with Crippen LogP contribution in [0.5, 0.6) is 23.0 Å². The maximum atomic E-state index is 14.6. The van der Waals surface area contributed by atoms with Crippen LogP contribution in [0.15, 0.2) is 0 Å². The first-order valence-electron chi connectivity index (χ1n) is 9.84. The molecule has 5 rings (SSSR count). The third-order valence-corrected chi connectivity index (χ3v) is 5.34. The molecule has 2 aliphatic rings. The van der Waals surface area contributed by atoms with Crippen LogP contribution >= 0.6 is 0 Å². The Balaban J connectivity index is 1.63. The first-order chi connectivity index (χ1) is 18.7. The summed E-state index contributed by atoms with van der Waals surface area (Å²) in [6, 6.07) is 0. The van der Waals surface area contributed by atoms with Gasteiger partial charge in [0.1, 0.15) is 22.3 Å². The summed E-state index contributed by atoms with van der Waals surface area (Å²) in [4.78, 5) is 46.0. The highest BCUT2D eigenvalue weighted by Gasteiger charge is 2.44. The van der Waals surface area contributed by atoms with E-state index >= 15 is 0 Å². The van der Waals surface area contributed by atoms with Crippen molar-refractivity contribution in [2.24, 2.45) is 0 Å². The summed E-state index contributed by atoms with van der Waals surface area (Å²) in [5.74, 6) is -41.8. The maximum absolute atomic E-state index is 14.6. The molecule has 0 fully saturated rings. The number of ether oxygens (including phenoxy) is 4. The largest absolute Gasteiger partial charge is 0.445 e. The minimum atomic E-state index is -2.75. The second-order valence-electron chi connectivity index (χ2n) is 7.51. The fraction of sp³-hybridized carbons (Fsp3) is 0. The molecule has 0 spiro atoms. The summed E-state index contributed by atoms with van der Waals surface area (Å²) in [5, 5.41) is 0. The molecule has 0 unspecified atom stereocenters. The number of cyclic esters (lactones) is 4. The monoisotopic (exact) mass is 582 g/mol. The molecule has 2 aliphatic heterocycles. The highest BCUT2D eigenvalue weighted by Crippen LogP contribution is 2.44. The van der Waals surface area contributed by atoms with Crippen LogP contribution in [-0.4, -0.2) is 23.9 Å². The summed E-state index contributed by atoms with van der Waals surface area (Å²) >= 11 is 0. The van der Waals surface area contributed by atoms with E-state index in [0.29, 0.717) is 0 Å². The van der Waals surface area contributed by atoms with Gasteiger partial charge in [0.15, 0.2) is 23.3 Å². The lowest BCUT2D eigenvalue weighted by Crippen LogP contribution is -2.11. The number of carbonyl (C=O) groups is 4. The SMILES string of the molecule is O=C1OC(=O)c2c(F)c(Oc3c(F)c(F)c(Oc4c(F)c(F)c5c(c4F)C(=O)OC5=O)c(F)c3F)c(F)c(F)c21. The summed E-state index contributed by atoms with van der Waals surface area (Å²) < 4.78 is 161. The van der Waals surface area contributed by atoms with Gasteiger partial charge in [0, 0.05) is 0 Å². The lowest BCUT2D eigenvalue weighted by molar-refractivity contribution is 0.0422. The molecule has 0 N–H and O–H groups in total. The van der Waals surface area contributed by atoms with Gasteiger partial charge in [-0.3, -0.25) is 0 Å². The number of fused-ring (bicyclic) bond motifs is 2. The Bertz CT molecular complexity index is 1630. The van der Waals surface area contributed by atoms with Crippen LogP contribution < -0.4 is 9.47 Å². The topological polar surface area (TPSA) is 105 Å². The molecule has 0 aliphatic carbocycles. The minimum Gasteiger partial charge on any atom is -0.445 e. The van der Waals surface area contributed by atoms with Gasteiger partial charge in [0.2, 0.25) is 57.9 Å². The fourth-order valence-corrected chi connectivity index (χ4v) is 3.57. The van der Waals surface area contributed by atoms with Gasteiger partial charge in [-0.15, -0.1) is 0 Å². The summed E-state index contributed by atoms with van der Waals surface area (Å²) in [5.41, 5.74) is -6.32. The van der Waals surface area contributed by atoms with Crippen LogP contribution in [0.2, 0.25) is 0 Å². The smallest absolute Gasteiger partial charge is 0.350 e. The number of carbonyl (C=O) groups excluding carboxylic acids is 4. The number of hydrogen-bond acceptors (Lipinski definition) is 8. The van der Waals surface area contributed by atoms with E-state index in [0.717, 1.165) is 0 Å². The van der Waals surface area contributed by atoms with E-state index in [1.54, 1.807) is 0 Å². The molecular weight excluding hydrogens is 582 g/mol. The summed E-state index contributed by atoms with van der Waals surface area (Å²) in [7, 11) is 0. The number of rotatable bonds is 4. The second kappa shape index (κ2) is 8.68. The molecule has 0 saturated carbocycles. The molecule has 0 amide bonds. The van der Waals surface area contributed by atoms with Gasteiger partial charge in [0.25, 0.3) is 0 Å². The number of benzene rings is 3. The van der Waals surface area contributed by atoms with Crippen molar-refractivity contribution in [3.05, 3.63) is 80.4 Å². The number of hydrogen-bond donors (Lipinski definition) is 0. The van der Waals surface area contributed by atoms with E-state index in [1.807, 2.05) is 0 Å². The van der Waals surface area contributed by atoms with Crippen molar-refractivity contribution in [2.75, 3.05) is 0 Å². The van der Waals surface area contributed by atoms with E-state index < -0.39 is 127 Å². The van der Waals surface area contributed by atoms with Crippen molar-refractivity contribution in [2.45, 2.75) is 0 Å². The Labute approximate surface area is 210 Å². The molecule has 40 heavy (non-hydrogen) atoms. The van der Waals surface area contributed by atoms with E-state index in [1.165, 1.54) is 0 Å². The lowest BCUT2D eigenvalue weighted by atomic mass is 10.1. The quantitative estimate of drug-likeness (QED) is 0.177. The molecule has 206 valence electrons. The van der Waals surface area contributed by atoms with Crippen molar-refractivity contribution in [3.63, 3.8) is 0 Å². The van der Waals surface area contributed by atoms with Crippen molar-refractivity contribution in [1.29, 1.82) is 0 Å². The van der Waals surface area contributed by atoms with Crippen molar-refractivity contribution in [3.8, 4) is 23.0 Å². The van der Waals surface area contributed by atoms with Gasteiger partial charge < -0.3 is 18.9 Å². The first-order valence-corrected chi connectivity index (χ1v) is 9.84. The molecule has 3 aromatic rings. The van der Waals surface area contributed by atoms with Crippen molar-refractivity contribution in [1.82, 2.24) is 0 Å². The zero-order valence-corrected chi connectivity index (χ0v) is 18.0. The average Bonchev–Trinajstić information content (AvgIpc) is 3.37. The average molecular weight is 582 g/mol. The molecule has 2 heterocycles. The Kier molecular flexibility index (Phi) is 5.74. The lowest BCUT2D eigenvalue weighted by Gasteiger charge is -2.16. The minimum absolute atomic E-state index is 1.56. The number of esters is 4. The van der Waals surface area contributed by atoms with Crippen molar-refractivity contribution >= 4 is 23.9 Å². The highest BCUT2D eigenvalue weighted by molar-refractivity contribution is 6.16. The molecular formula is C22F10O8. The van der Waals surface area contributed by atoms with Gasteiger partial charge in [-0.05, 0) is 0 Å². The van der Waals surface area contributed by atoms with Gasteiger partial charge >= 0.3 is 23.9 Å². The Morgan fingerprint density at radius 1 is 0.325 bits per heavy atom. The zero-order chi connectivity index (χ0) is 29.5. The van der Waals surface area contributed by atoms with Crippen LogP contribution in [0, 0.1) is 58.2 Å². The van der Waals surface area contributed by atoms with Crippen LogP contribution in [0.25, 0.3) is 0 Å². The number of halogens is 10. The van der Waals surface area contributed by atoms with E-state index in [9.17, 15) is 63.1 Å². The molecule has 0 saturated heterocycles. The van der Waals surface area contributed by atoms with Gasteiger partial charge in [-0.1, -0.05) is 0 Å². The van der Waals surface area contributed by atoms with Gasteiger partial charge in [-0.2, -0.15) is 26.3 Å². The molecule has 0 atom stereocenters. The molecule has 0 radical (unpaired) electrons.